The van der Waals surface area contributed by atoms with E-state index in [4.69, 9.17) is 9.68 Å². The number of Topliss-reactive ketones (excluding diaryl/α,β-unsaturated/α-hetero) is 1. The van der Waals surface area contributed by atoms with E-state index in [1.807, 2.05) is 19.1 Å². The number of aryl methyl sites for hydroxylation is 1. The van der Waals surface area contributed by atoms with Gasteiger partial charge in [0.05, 0.1) is 23.2 Å². The van der Waals surface area contributed by atoms with Gasteiger partial charge in [-0.15, -0.1) is 0 Å². The summed E-state index contributed by atoms with van der Waals surface area (Å²) in [6, 6.07) is 8.89. The van der Waals surface area contributed by atoms with Gasteiger partial charge in [-0.3, -0.25) is 9.59 Å². The van der Waals surface area contributed by atoms with E-state index >= 15 is 0 Å². The average molecular weight is 322 g/mol. The van der Waals surface area contributed by atoms with Crippen molar-refractivity contribution in [2.24, 2.45) is 0 Å². The van der Waals surface area contributed by atoms with E-state index in [1.54, 1.807) is 19.1 Å². The number of fused-ring (bicyclic) bond motifs is 1. The normalized spacial score (nSPS) is 14.6. The average Bonchev–Trinajstić information content (AvgIpc) is 2.93. The third-order valence-electron chi connectivity index (χ3n) is 4.40. The molecular weight excluding hydrogens is 304 g/mol. The van der Waals surface area contributed by atoms with Gasteiger partial charge in [-0.05, 0) is 38.0 Å². The summed E-state index contributed by atoms with van der Waals surface area (Å²) in [4.78, 5) is 24.6. The van der Waals surface area contributed by atoms with Crippen molar-refractivity contribution in [1.82, 2.24) is 5.32 Å². The molecule has 1 amide bonds. The van der Waals surface area contributed by atoms with Gasteiger partial charge in [-0.2, -0.15) is 5.26 Å². The zero-order chi connectivity index (χ0) is 17.3. The number of carbonyl (C=O) groups excluding carboxylic acids is 2. The molecule has 1 aliphatic carbocycles. The van der Waals surface area contributed by atoms with E-state index < -0.39 is 0 Å². The maximum Gasteiger partial charge on any atom is 0.287 e. The number of ketones is 1. The van der Waals surface area contributed by atoms with E-state index in [1.165, 1.54) is 0 Å². The van der Waals surface area contributed by atoms with Gasteiger partial charge in [0, 0.05) is 18.4 Å². The van der Waals surface area contributed by atoms with Crippen LogP contribution in [-0.4, -0.2) is 11.7 Å². The van der Waals surface area contributed by atoms with Gasteiger partial charge in [0.2, 0.25) is 0 Å². The lowest BCUT2D eigenvalue weighted by Crippen LogP contribution is -2.26. The highest BCUT2D eigenvalue weighted by molar-refractivity contribution is 6.03. The Morgan fingerprint density at radius 3 is 2.62 bits per heavy atom. The van der Waals surface area contributed by atoms with Crippen molar-refractivity contribution in [3.63, 3.8) is 0 Å². The molecule has 0 radical (unpaired) electrons. The minimum atomic E-state index is -0.327. The van der Waals surface area contributed by atoms with Gasteiger partial charge in [0.1, 0.15) is 5.76 Å². The largest absolute Gasteiger partial charge is 0.455 e. The number of nitrogens with one attached hydrogen (secondary N) is 1. The van der Waals surface area contributed by atoms with Crippen molar-refractivity contribution in [1.29, 1.82) is 5.26 Å². The van der Waals surface area contributed by atoms with Crippen molar-refractivity contribution in [2.75, 3.05) is 0 Å². The van der Waals surface area contributed by atoms with Crippen molar-refractivity contribution in [3.05, 3.63) is 58.0 Å². The Kier molecular flexibility index (Phi) is 4.22. The molecule has 1 aromatic heterocycles. The highest BCUT2D eigenvalue weighted by Gasteiger charge is 2.29. The summed E-state index contributed by atoms with van der Waals surface area (Å²) in [5, 5.41) is 11.7. The molecule has 5 heteroatoms. The first kappa shape index (κ1) is 16.0. The van der Waals surface area contributed by atoms with Gasteiger partial charge in [-0.25, -0.2) is 0 Å². The highest BCUT2D eigenvalue weighted by atomic mass is 16.4. The fraction of sp³-hybridized carbons (Fsp3) is 0.316. The molecule has 2 aromatic rings. The van der Waals surface area contributed by atoms with Gasteiger partial charge < -0.3 is 9.73 Å². The van der Waals surface area contributed by atoms with Crippen LogP contribution in [0.25, 0.3) is 0 Å². The Balaban J connectivity index is 1.80. The summed E-state index contributed by atoms with van der Waals surface area (Å²) in [5.41, 5.74) is 2.68. The monoisotopic (exact) mass is 322 g/mol. The minimum absolute atomic E-state index is 0.0525. The van der Waals surface area contributed by atoms with Gasteiger partial charge in [0.25, 0.3) is 5.91 Å². The van der Waals surface area contributed by atoms with E-state index in [2.05, 4.69) is 11.4 Å². The molecule has 1 aromatic carbocycles. The van der Waals surface area contributed by atoms with E-state index in [-0.39, 0.29) is 23.5 Å². The predicted molar refractivity (Wildman–Crippen MR) is 87.8 cm³/mol. The third-order valence-corrected chi connectivity index (χ3v) is 4.40. The molecule has 1 N–H and O–H groups in total. The fourth-order valence-electron chi connectivity index (χ4n) is 3.06. The Labute approximate surface area is 140 Å². The molecule has 3 rings (SSSR count). The number of carbonyl (C=O) groups is 2. The van der Waals surface area contributed by atoms with Crippen LogP contribution in [0, 0.1) is 18.3 Å². The van der Waals surface area contributed by atoms with Crippen molar-refractivity contribution < 1.29 is 14.0 Å². The lowest BCUT2D eigenvalue weighted by Gasteiger charge is -2.13. The van der Waals surface area contributed by atoms with Crippen LogP contribution < -0.4 is 5.32 Å². The summed E-state index contributed by atoms with van der Waals surface area (Å²) in [6.45, 7) is 3.62. The van der Waals surface area contributed by atoms with Crippen LogP contribution in [0.5, 0.6) is 0 Å². The van der Waals surface area contributed by atoms with E-state index in [9.17, 15) is 9.59 Å². The highest BCUT2D eigenvalue weighted by Crippen LogP contribution is 2.29. The molecule has 0 unspecified atom stereocenters. The van der Waals surface area contributed by atoms with Crippen molar-refractivity contribution in [2.45, 2.75) is 39.2 Å². The summed E-state index contributed by atoms with van der Waals surface area (Å²) in [5.74, 6) is 0.568. The molecule has 0 saturated heterocycles. The SMILES string of the molecule is Cc1c(C(=O)N[C@@H](C)c2ccc(C#N)cc2)oc2c1C(=O)CCC2. The Morgan fingerprint density at radius 1 is 1.29 bits per heavy atom. The second-order valence-corrected chi connectivity index (χ2v) is 6.06. The predicted octanol–water partition coefficient (Wildman–Crippen LogP) is 3.47. The molecule has 1 aliphatic rings. The molecule has 0 saturated carbocycles. The molecule has 0 aliphatic heterocycles. The number of hydrogen-bond donors (Lipinski definition) is 1. The van der Waals surface area contributed by atoms with Crippen LogP contribution in [0.2, 0.25) is 0 Å². The molecule has 1 atom stereocenters. The number of nitrogens with zero attached hydrogens (tertiary/aromatic N) is 1. The maximum absolute atomic E-state index is 12.5. The van der Waals surface area contributed by atoms with Crippen molar-refractivity contribution >= 4 is 11.7 Å². The fourth-order valence-corrected chi connectivity index (χ4v) is 3.06. The van der Waals surface area contributed by atoms with Gasteiger partial charge in [0.15, 0.2) is 11.5 Å². The zero-order valence-electron chi connectivity index (χ0n) is 13.7. The standard InChI is InChI=1S/C19H18N2O3/c1-11-17-15(22)4-3-5-16(17)24-18(11)19(23)21-12(2)14-8-6-13(10-20)7-9-14/h6-9,12H,3-5H2,1-2H3,(H,21,23)/t12-/m0/s1. The van der Waals surface area contributed by atoms with Gasteiger partial charge >= 0.3 is 0 Å². The molecule has 122 valence electrons. The number of nitriles is 1. The molecular formula is C19H18N2O3. The summed E-state index contributed by atoms with van der Waals surface area (Å²) < 4.78 is 5.67. The molecule has 5 nitrogen and oxygen atoms in total. The van der Waals surface area contributed by atoms with E-state index in [0.29, 0.717) is 35.3 Å². The number of hydrogen-bond acceptors (Lipinski definition) is 4. The van der Waals surface area contributed by atoms with Crippen molar-refractivity contribution in [3.8, 4) is 6.07 Å². The lowest BCUT2D eigenvalue weighted by molar-refractivity contribution is 0.0906. The molecule has 24 heavy (non-hydrogen) atoms. The smallest absolute Gasteiger partial charge is 0.287 e. The second kappa shape index (κ2) is 6.32. The topological polar surface area (TPSA) is 83.1 Å². The van der Waals surface area contributed by atoms with E-state index in [0.717, 1.165) is 12.0 Å². The Bertz CT molecular complexity index is 841. The third kappa shape index (κ3) is 2.83. The lowest BCUT2D eigenvalue weighted by atomic mass is 9.94. The first-order valence-electron chi connectivity index (χ1n) is 7.97. The number of rotatable bonds is 3. The van der Waals surface area contributed by atoms with Crippen LogP contribution in [-0.2, 0) is 6.42 Å². The number of benzene rings is 1. The van der Waals surface area contributed by atoms with Crippen LogP contribution in [0.15, 0.2) is 28.7 Å². The van der Waals surface area contributed by atoms with Crippen LogP contribution >= 0.6 is 0 Å². The minimum Gasteiger partial charge on any atom is -0.455 e. The summed E-state index contributed by atoms with van der Waals surface area (Å²) >= 11 is 0. The summed E-state index contributed by atoms with van der Waals surface area (Å²) in [6.07, 6.45) is 1.97. The molecule has 0 spiro atoms. The quantitative estimate of drug-likeness (QED) is 0.938. The maximum atomic E-state index is 12.5. The van der Waals surface area contributed by atoms with Gasteiger partial charge in [-0.1, -0.05) is 12.1 Å². The molecule has 0 fully saturated rings. The van der Waals surface area contributed by atoms with Crippen LogP contribution in [0.1, 0.15) is 69.2 Å². The Morgan fingerprint density at radius 2 is 2.00 bits per heavy atom. The molecule has 0 bridgehead atoms. The Hall–Kier alpha value is -2.87. The number of furan rings is 1. The first-order chi connectivity index (χ1) is 11.5. The summed E-state index contributed by atoms with van der Waals surface area (Å²) in [7, 11) is 0. The first-order valence-corrected chi connectivity index (χ1v) is 7.97. The number of amides is 1. The van der Waals surface area contributed by atoms with Crippen LogP contribution in [0.4, 0.5) is 0 Å². The van der Waals surface area contributed by atoms with Crippen LogP contribution in [0.3, 0.4) is 0 Å². The zero-order valence-corrected chi connectivity index (χ0v) is 13.7. The molecule has 1 heterocycles. The second-order valence-electron chi connectivity index (χ2n) is 6.06.